The first-order valence-corrected chi connectivity index (χ1v) is 9.21. The van der Waals surface area contributed by atoms with Gasteiger partial charge in [-0.05, 0) is 48.0 Å². The van der Waals surface area contributed by atoms with E-state index in [4.69, 9.17) is 14.2 Å². The summed E-state index contributed by atoms with van der Waals surface area (Å²) >= 11 is 3.34. The average molecular weight is 437 g/mol. The predicted octanol–water partition coefficient (Wildman–Crippen LogP) is 3.04. The Hall–Kier alpha value is -2.32. The molecule has 0 aliphatic carbocycles. The van der Waals surface area contributed by atoms with Gasteiger partial charge in [0, 0.05) is 22.4 Å². The molecule has 0 unspecified atom stereocenters. The van der Waals surface area contributed by atoms with Crippen LogP contribution in [0.15, 0.2) is 34.9 Å². The summed E-state index contributed by atoms with van der Waals surface area (Å²) in [6.45, 7) is 4.15. The van der Waals surface area contributed by atoms with Gasteiger partial charge in [-0.15, -0.1) is 0 Å². The van der Waals surface area contributed by atoms with Gasteiger partial charge >= 0.3 is 0 Å². The number of ether oxygens (including phenoxy) is 3. The van der Waals surface area contributed by atoms with E-state index in [1.165, 1.54) is 7.11 Å². The van der Waals surface area contributed by atoms with Crippen LogP contribution < -0.4 is 19.1 Å². The van der Waals surface area contributed by atoms with Crippen LogP contribution >= 0.6 is 15.9 Å². The van der Waals surface area contributed by atoms with Gasteiger partial charge < -0.3 is 24.2 Å². The topological polar surface area (TPSA) is 81.1 Å². The van der Waals surface area contributed by atoms with Crippen molar-refractivity contribution in [3.63, 3.8) is 0 Å². The lowest BCUT2D eigenvalue weighted by Gasteiger charge is -2.22. The van der Waals surface area contributed by atoms with Crippen molar-refractivity contribution >= 4 is 27.5 Å². The summed E-state index contributed by atoms with van der Waals surface area (Å²) in [5.41, 5.74) is -0.0588. The Morgan fingerprint density at radius 1 is 1.33 bits per heavy atom. The van der Waals surface area contributed by atoms with Crippen molar-refractivity contribution in [1.82, 2.24) is 4.98 Å². The summed E-state index contributed by atoms with van der Waals surface area (Å²) in [6, 6.07) is 6.94. The molecule has 3 rings (SSSR count). The molecule has 27 heavy (non-hydrogen) atoms. The Morgan fingerprint density at radius 2 is 2.11 bits per heavy atom. The highest BCUT2D eigenvalue weighted by Crippen LogP contribution is 2.34. The predicted molar refractivity (Wildman–Crippen MR) is 104 cm³/mol. The van der Waals surface area contributed by atoms with Crippen LogP contribution in [-0.2, 0) is 0 Å². The van der Waals surface area contributed by atoms with Gasteiger partial charge in [-0.25, -0.2) is 4.98 Å². The molecule has 1 aromatic heterocycles. The third-order valence-corrected chi connectivity index (χ3v) is 4.31. The maximum Gasteiger partial charge on any atom is 0.280 e. The van der Waals surface area contributed by atoms with Crippen LogP contribution in [0.4, 0.5) is 5.69 Å². The molecule has 8 heteroatoms. The molecule has 1 N–H and O–H groups in total. The second-order valence-electron chi connectivity index (χ2n) is 6.74. The first-order valence-electron chi connectivity index (χ1n) is 8.42. The molecule has 0 saturated carbocycles. The number of aliphatic hydroxyl groups is 1. The second kappa shape index (κ2) is 7.74. The maximum atomic E-state index is 13.0. The van der Waals surface area contributed by atoms with Crippen LogP contribution in [0.3, 0.4) is 0 Å². The van der Waals surface area contributed by atoms with Gasteiger partial charge in [0.05, 0.1) is 19.3 Å². The van der Waals surface area contributed by atoms with Gasteiger partial charge in [0.15, 0.2) is 22.9 Å². The van der Waals surface area contributed by atoms with Crippen LogP contribution in [-0.4, -0.2) is 48.5 Å². The number of amides is 1. The van der Waals surface area contributed by atoms with E-state index in [9.17, 15) is 9.90 Å². The van der Waals surface area contributed by atoms with Gasteiger partial charge in [-0.2, -0.15) is 0 Å². The van der Waals surface area contributed by atoms with E-state index < -0.39 is 5.60 Å². The van der Waals surface area contributed by atoms with Gasteiger partial charge in [0.25, 0.3) is 5.91 Å². The number of anilines is 1. The standard InChI is InChI=1S/C19H21BrN2O5/c1-19(2,24)11-27-14-5-4-13(9-15(14)25-3)22-6-7-26-16-8-12(20)10-21-17(16)18(22)23/h4-5,8-10,24H,6-7,11H2,1-3H3. The van der Waals surface area contributed by atoms with Gasteiger partial charge in [0.2, 0.25) is 0 Å². The molecule has 0 fully saturated rings. The van der Waals surface area contributed by atoms with E-state index in [-0.39, 0.29) is 18.2 Å². The summed E-state index contributed by atoms with van der Waals surface area (Å²) in [4.78, 5) is 18.8. The number of methoxy groups -OCH3 is 1. The number of carbonyl (C=O) groups is 1. The van der Waals surface area contributed by atoms with E-state index in [1.54, 1.807) is 49.2 Å². The lowest BCUT2D eigenvalue weighted by molar-refractivity contribution is 0.0276. The van der Waals surface area contributed by atoms with Crippen molar-refractivity contribution in [3.05, 3.63) is 40.6 Å². The van der Waals surface area contributed by atoms with E-state index in [1.807, 2.05) is 0 Å². The minimum absolute atomic E-state index is 0.116. The van der Waals surface area contributed by atoms with Crippen molar-refractivity contribution in [3.8, 4) is 17.2 Å². The van der Waals surface area contributed by atoms with Gasteiger partial charge in [-0.1, -0.05) is 0 Å². The summed E-state index contributed by atoms with van der Waals surface area (Å²) in [6.07, 6.45) is 1.57. The molecule has 0 atom stereocenters. The van der Waals surface area contributed by atoms with E-state index in [0.29, 0.717) is 36.1 Å². The number of pyridine rings is 1. The molecule has 0 bridgehead atoms. The number of rotatable bonds is 5. The molecule has 1 aliphatic rings. The molecule has 2 aromatic rings. The molecule has 1 aromatic carbocycles. The molecule has 7 nitrogen and oxygen atoms in total. The third kappa shape index (κ3) is 4.51. The fourth-order valence-electron chi connectivity index (χ4n) is 2.61. The number of benzene rings is 1. The smallest absolute Gasteiger partial charge is 0.280 e. The highest BCUT2D eigenvalue weighted by Gasteiger charge is 2.27. The quantitative estimate of drug-likeness (QED) is 0.775. The molecular weight excluding hydrogens is 416 g/mol. The fourth-order valence-corrected chi connectivity index (χ4v) is 2.92. The molecule has 0 spiro atoms. The average Bonchev–Trinajstić information content (AvgIpc) is 2.78. The summed E-state index contributed by atoms with van der Waals surface area (Å²) in [7, 11) is 1.53. The Bertz CT molecular complexity index is 850. The number of halogens is 1. The number of nitrogens with zero attached hydrogens (tertiary/aromatic N) is 2. The van der Waals surface area contributed by atoms with Crippen LogP contribution in [0.5, 0.6) is 17.2 Å². The Morgan fingerprint density at radius 3 is 2.81 bits per heavy atom. The van der Waals surface area contributed by atoms with E-state index >= 15 is 0 Å². The highest BCUT2D eigenvalue weighted by molar-refractivity contribution is 9.10. The van der Waals surface area contributed by atoms with Crippen molar-refractivity contribution < 1.29 is 24.1 Å². The van der Waals surface area contributed by atoms with E-state index in [2.05, 4.69) is 20.9 Å². The number of aromatic nitrogens is 1. The molecular formula is C19H21BrN2O5. The fraction of sp³-hybridized carbons (Fsp3) is 0.368. The van der Waals surface area contributed by atoms with Crippen LogP contribution in [0.2, 0.25) is 0 Å². The molecule has 2 heterocycles. The van der Waals surface area contributed by atoms with Gasteiger partial charge in [-0.3, -0.25) is 4.79 Å². The van der Waals surface area contributed by atoms with Crippen LogP contribution in [0.25, 0.3) is 0 Å². The van der Waals surface area contributed by atoms with Crippen molar-refractivity contribution in [1.29, 1.82) is 0 Å². The Kier molecular flexibility index (Phi) is 5.57. The highest BCUT2D eigenvalue weighted by atomic mass is 79.9. The lowest BCUT2D eigenvalue weighted by atomic mass is 10.1. The lowest BCUT2D eigenvalue weighted by Crippen LogP contribution is -2.32. The SMILES string of the molecule is COc1cc(N2CCOc3cc(Br)cnc3C2=O)ccc1OCC(C)(C)O. The zero-order valence-electron chi connectivity index (χ0n) is 15.4. The number of fused-ring (bicyclic) bond motifs is 1. The Labute approximate surface area is 166 Å². The summed E-state index contributed by atoms with van der Waals surface area (Å²) < 4.78 is 17.4. The van der Waals surface area contributed by atoms with Crippen LogP contribution in [0, 0.1) is 0 Å². The maximum absolute atomic E-state index is 13.0. The number of hydrogen-bond donors (Lipinski definition) is 1. The van der Waals surface area contributed by atoms with Crippen LogP contribution in [0.1, 0.15) is 24.3 Å². The van der Waals surface area contributed by atoms with Crippen molar-refractivity contribution in [2.75, 3.05) is 31.8 Å². The van der Waals surface area contributed by atoms with Gasteiger partial charge in [0.1, 0.15) is 13.2 Å². The monoisotopic (exact) mass is 436 g/mol. The molecule has 1 amide bonds. The first-order chi connectivity index (χ1) is 12.8. The molecule has 0 saturated heterocycles. The molecule has 144 valence electrons. The summed E-state index contributed by atoms with van der Waals surface area (Å²) in [5, 5.41) is 9.84. The second-order valence-corrected chi connectivity index (χ2v) is 7.66. The Balaban J connectivity index is 1.89. The third-order valence-electron chi connectivity index (χ3n) is 3.88. The zero-order valence-corrected chi connectivity index (χ0v) is 16.9. The first kappa shape index (κ1) is 19.4. The van der Waals surface area contributed by atoms with E-state index in [0.717, 1.165) is 4.47 Å². The minimum Gasteiger partial charge on any atom is -0.493 e. The zero-order chi connectivity index (χ0) is 19.6. The number of hydrogen-bond acceptors (Lipinski definition) is 6. The number of carbonyl (C=O) groups excluding carboxylic acids is 1. The molecule has 0 radical (unpaired) electrons. The van der Waals surface area contributed by atoms with Crippen molar-refractivity contribution in [2.45, 2.75) is 19.4 Å². The van der Waals surface area contributed by atoms with Crippen molar-refractivity contribution in [2.24, 2.45) is 0 Å². The molecule has 1 aliphatic heterocycles. The summed E-state index contributed by atoms with van der Waals surface area (Å²) in [5.74, 6) is 1.17. The minimum atomic E-state index is -0.967. The largest absolute Gasteiger partial charge is 0.493 e. The normalized spacial score (nSPS) is 14.3.